The number of hydrogen-bond donors (Lipinski definition) is 1. The highest BCUT2D eigenvalue weighted by Gasteiger charge is 2.35. The zero-order chi connectivity index (χ0) is 21.1. The van der Waals surface area contributed by atoms with Crippen molar-refractivity contribution >= 4 is 51.0 Å². The number of benzene rings is 2. The minimum absolute atomic E-state index is 0.0180. The van der Waals surface area contributed by atoms with Gasteiger partial charge in [0.2, 0.25) is 0 Å². The Kier molecular flexibility index (Phi) is 5.88. The van der Waals surface area contributed by atoms with E-state index in [1.807, 2.05) is 0 Å². The number of amides is 1. The van der Waals surface area contributed by atoms with Crippen molar-refractivity contribution in [2.75, 3.05) is 5.01 Å². The number of nitrogens with zero attached hydrogens (tertiary/aromatic N) is 3. The van der Waals surface area contributed by atoms with Crippen LogP contribution >= 0.6 is 15.9 Å². The molecular weight excluding hydrogens is 442 g/mol. The first-order valence-electron chi connectivity index (χ1n) is 8.59. The highest BCUT2D eigenvalue weighted by molar-refractivity contribution is 9.10. The number of nitro benzene ring substituents is 1. The molecule has 0 saturated carbocycles. The average Bonchev–Trinajstić information content (AvgIpc) is 2.96. The van der Waals surface area contributed by atoms with Crippen LogP contribution in [-0.2, 0) is 9.59 Å². The Hall–Kier alpha value is -3.33. The lowest BCUT2D eigenvalue weighted by molar-refractivity contribution is -0.384. The van der Waals surface area contributed by atoms with E-state index in [0.29, 0.717) is 17.0 Å². The van der Waals surface area contributed by atoms with Gasteiger partial charge in [0, 0.05) is 27.9 Å². The van der Waals surface area contributed by atoms with Crippen molar-refractivity contribution in [3.63, 3.8) is 0 Å². The molecule has 8 nitrogen and oxygen atoms in total. The Balaban J connectivity index is 1.82. The molecule has 0 spiro atoms. The molecule has 1 aliphatic heterocycles. The van der Waals surface area contributed by atoms with Gasteiger partial charge >= 0.3 is 5.97 Å². The number of carboxylic acids is 1. The van der Waals surface area contributed by atoms with E-state index in [4.69, 9.17) is 0 Å². The zero-order valence-electron chi connectivity index (χ0n) is 15.3. The van der Waals surface area contributed by atoms with E-state index in [1.54, 1.807) is 31.2 Å². The van der Waals surface area contributed by atoms with Gasteiger partial charge in [-0.1, -0.05) is 15.9 Å². The van der Waals surface area contributed by atoms with Crippen molar-refractivity contribution in [1.82, 2.24) is 0 Å². The summed E-state index contributed by atoms with van der Waals surface area (Å²) in [5.74, 6) is -2.16. The monoisotopic (exact) mass is 457 g/mol. The fraction of sp³-hybridized carbons (Fsp3) is 0.150. The summed E-state index contributed by atoms with van der Waals surface area (Å²) in [4.78, 5) is 34.8. The van der Waals surface area contributed by atoms with Crippen molar-refractivity contribution in [1.29, 1.82) is 0 Å². The number of nitro groups is 1. The van der Waals surface area contributed by atoms with E-state index in [2.05, 4.69) is 21.0 Å². The van der Waals surface area contributed by atoms with Crippen molar-refractivity contribution in [2.24, 2.45) is 11.0 Å². The maximum atomic E-state index is 12.8. The lowest BCUT2D eigenvalue weighted by atomic mass is 9.94. The number of hydrazone groups is 1. The van der Waals surface area contributed by atoms with Crippen molar-refractivity contribution in [2.45, 2.75) is 13.3 Å². The number of carboxylic acid groups (broad SMARTS) is 1. The number of halogens is 1. The molecule has 1 atom stereocenters. The van der Waals surface area contributed by atoms with E-state index >= 15 is 0 Å². The van der Waals surface area contributed by atoms with Crippen molar-refractivity contribution < 1.29 is 19.6 Å². The summed E-state index contributed by atoms with van der Waals surface area (Å²) in [7, 11) is 0. The normalized spacial score (nSPS) is 16.7. The Bertz CT molecular complexity index is 1030. The van der Waals surface area contributed by atoms with Crippen LogP contribution in [0.2, 0.25) is 0 Å². The van der Waals surface area contributed by atoms with E-state index in [9.17, 15) is 24.8 Å². The Morgan fingerprint density at radius 1 is 1.24 bits per heavy atom. The molecule has 148 valence electrons. The maximum Gasteiger partial charge on any atom is 0.331 e. The highest BCUT2D eigenvalue weighted by Crippen LogP contribution is 2.29. The molecule has 9 heteroatoms. The third-order valence-electron chi connectivity index (χ3n) is 4.48. The van der Waals surface area contributed by atoms with Crippen LogP contribution in [0.1, 0.15) is 18.9 Å². The molecule has 1 N–H and O–H groups in total. The summed E-state index contributed by atoms with van der Waals surface area (Å²) >= 11 is 3.34. The van der Waals surface area contributed by atoms with Gasteiger partial charge in [-0.05, 0) is 61.4 Å². The first-order chi connectivity index (χ1) is 13.8. The molecule has 3 rings (SSSR count). The highest BCUT2D eigenvalue weighted by atomic mass is 79.9. The number of aliphatic carboxylic acids is 1. The zero-order valence-corrected chi connectivity index (χ0v) is 16.9. The fourth-order valence-electron chi connectivity index (χ4n) is 2.93. The first-order valence-corrected chi connectivity index (χ1v) is 9.38. The maximum absolute atomic E-state index is 12.8. The Morgan fingerprint density at radius 2 is 1.86 bits per heavy atom. The molecule has 1 aliphatic rings. The van der Waals surface area contributed by atoms with Crippen LogP contribution in [0.3, 0.4) is 0 Å². The topological polar surface area (TPSA) is 113 Å². The van der Waals surface area contributed by atoms with Crippen molar-refractivity contribution in [3.8, 4) is 0 Å². The van der Waals surface area contributed by atoms with Gasteiger partial charge in [0.05, 0.1) is 16.5 Å². The fourth-order valence-corrected chi connectivity index (χ4v) is 3.19. The molecule has 0 bridgehead atoms. The van der Waals surface area contributed by atoms with Crippen LogP contribution in [0.4, 0.5) is 11.4 Å². The number of anilines is 1. The standard InChI is InChI=1S/C20H16BrN3O5/c1-12-18(19(25)23(22-12)16-8-4-15(21)5-9-16)11-14(20(26)27)10-13-2-6-17(7-3-13)24(28)29/h2-10,18H,11H2,1H3,(H,26,27)/b14-10-. The quantitative estimate of drug-likeness (QED) is 0.395. The summed E-state index contributed by atoms with van der Waals surface area (Å²) in [6.07, 6.45) is 1.38. The molecule has 1 heterocycles. The molecule has 2 aromatic carbocycles. The van der Waals surface area contributed by atoms with Gasteiger partial charge in [0.15, 0.2) is 0 Å². The number of carbonyl (C=O) groups excluding carboxylic acids is 1. The first kappa shape index (κ1) is 20.4. The third kappa shape index (κ3) is 4.57. The van der Waals surface area contributed by atoms with Gasteiger partial charge in [-0.3, -0.25) is 14.9 Å². The Morgan fingerprint density at radius 3 is 2.41 bits per heavy atom. The molecule has 0 aliphatic carbocycles. The number of rotatable bonds is 6. The second-order valence-corrected chi connectivity index (χ2v) is 7.36. The second kappa shape index (κ2) is 8.36. The average molecular weight is 458 g/mol. The largest absolute Gasteiger partial charge is 0.478 e. The molecule has 0 aromatic heterocycles. The molecule has 1 amide bonds. The van der Waals surface area contributed by atoms with Gasteiger partial charge in [0.1, 0.15) is 0 Å². The summed E-state index contributed by atoms with van der Waals surface area (Å²) in [5, 5.41) is 25.9. The summed E-state index contributed by atoms with van der Waals surface area (Å²) in [5.41, 5.74) is 1.55. The van der Waals surface area contributed by atoms with Crippen LogP contribution in [0.15, 0.2) is 63.7 Å². The van der Waals surface area contributed by atoms with Gasteiger partial charge < -0.3 is 5.11 Å². The van der Waals surface area contributed by atoms with Crippen LogP contribution in [0, 0.1) is 16.0 Å². The minimum Gasteiger partial charge on any atom is -0.478 e. The lowest BCUT2D eigenvalue weighted by Crippen LogP contribution is -2.28. The smallest absolute Gasteiger partial charge is 0.331 e. The van der Waals surface area contributed by atoms with Gasteiger partial charge in [0.25, 0.3) is 11.6 Å². The van der Waals surface area contributed by atoms with E-state index in [1.165, 1.54) is 35.4 Å². The molecule has 0 fully saturated rings. The SMILES string of the molecule is CC1=NN(c2ccc(Br)cc2)C(=O)C1C/C(=C/c1ccc([N+](=O)[O-])cc1)C(=O)O. The number of carbonyl (C=O) groups is 2. The molecule has 0 saturated heterocycles. The van der Waals surface area contributed by atoms with Crippen molar-refractivity contribution in [3.05, 3.63) is 74.3 Å². The van der Waals surface area contributed by atoms with Gasteiger partial charge in [-0.15, -0.1) is 0 Å². The summed E-state index contributed by atoms with van der Waals surface area (Å²) in [6, 6.07) is 12.6. The van der Waals surface area contributed by atoms with E-state index in [-0.39, 0.29) is 23.6 Å². The number of hydrogen-bond acceptors (Lipinski definition) is 5. The van der Waals surface area contributed by atoms with Crippen LogP contribution in [-0.4, -0.2) is 27.6 Å². The minimum atomic E-state index is -1.16. The molecule has 0 radical (unpaired) electrons. The van der Waals surface area contributed by atoms with Crippen LogP contribution in [0.5, 0.6) is 0 Å². The predicted molar refractivity (Wildman–Crippen MR) is 112 cm³/mol. The lowest BCUT2D eigenvalue weighted by Gasteiger charge is -2.15. The molecule has 2 aromatic rings. The predicted octanol–water partition coefficient (Wildman–Crippen LogP) is 4.25. The molecule has 1 unspecified atom stereocenters. The van der Waals surface area contributed by atoms with Crippen LogP contribution < -0.4 is 5.01 Å². The van der Waals surface area contributed by atoms with E-state index < -0.39 is 16.8 Å². The molecular formula is C20H16BrN3O5. The Labute approximate surface area is 174 Å². The third-order valence-corrected chi connectivity index (χ3v) is 5.01. The second-order valence-electron chi connectivity index (χ2n) is 6.45. The summed E-state index contributed by atoms with van der Waals surface area (Å²) < 4.78 is 0.865. The van der Waals surface area contributed by atoms with Gasteiger partial charge in [-0.2, -0.15) is 5.10 Å². The van der Waals surface area contributed by atoms with Crippen LogP contribution in [0.25, 0.3) is 6.08 Å². The molecule has 29 heavy (non-hydrogen) atoms. The van der Waals surface area contributed by atoms with E-state index in [0.717, 1.165) is 4.47 Å². The van der Waals surface area contributed by atoms with Gasteiger partial charge in [-0.25, -0.2) is 9.80 Å². The summed E-state index contributed by atoms with van der Waals surface area (Å²) in [6.45, 7) is 1.69. The number of non-ortho nitro benzene ring substituents is 1.